The lowest BCUT2D eigenvalue weighted by Gasteiger charge is -2.24. The maximum atomic E-state index is 11.7. The first-order valence-electron chi connectivity index (χ1n) is 6.39. The Morgan fingerprint density at radius 1 is 1.39 bits per heavy atom. The molecule has 18 heavy (non-hydrogen) atoms. The van der Waals surface area contributed by atoms with E-state index in [0.29, 0.717) is 13.2 Å². The number of carbonyl (C=O) groups is 1. The van der Waals surface area contributed by atoms with Crippen LogP contribution in [0.5, 0.6) is 0 Å². The molecule has 0 rings (SSSR count). The Morgan fingerprint density at radius 2 is 1.94 bits per heavy atom. The molecule has 5 heteroatoms. The number of carbonyl (C=O) groups excluding carboxylic acids is 1. The van der Waals surface area contributed by atoms with E-state index in [2.05, 4.69) is 5.32 Å². The lowest BCUT2D eigenvalue weighted by atomic mass is 10.1. The summed E-state index contributed by atoms with van der Waals surface area (Å²) in [5, 5.41) is 12.6. The van der Waals surface area contributed by atoms with Crippen molar-refractivity contribution < 1.29 is 14.6 Å². The van der Waals surface area contributed by atoms with Gasteiger partial charge in [0.15, 0.2) is 0 Å². The van der Waals surface area contributed by atoms with Crippen LogP contribution in [0.1, 0.15) is 34.6 Å². The van der Waals surface area contributed by atoms with Crippen LogP contribution < -0.4 is 5.32 Å². The second-order valence-corrected chi connectivity index (χ2v) is 6.03. The second-order valence-electron chi connectivity index (χ2n) is 6.03. The fourth-order valence-corrected chi connectivity index (χ4v) is 1.48. The molecule has 2 N–H and O–H groups in total. The van der Waals surface area contributed by atoms with E-state index in [1.165, 1.54) is 0 Å². The molecule has 1 atom stereocenters. The van der Waals surface area contributed by atoms with Crippen LogP contribution in [-0.2, 0) is 9.53 Å². The molecule has 0 aromatic carbocycles. The van der Waals surface area contributed by atoms with Gasteiger partial charge in [-0.15, -0.1) is 0 Å². The third-order valence-electron chi connectivity index (χ3n) is 2.07. The van der Waals surface area contributed by atoms with Gasteiger partial charge in [-0.2, -0.15) is 0 Å². The van der Waals surface area contributed by atoms with E-state index in [1.807, 2.05) is 34.6 Å². The zero-order chi connectivity index (χ0) is 14.3. The molecule has 0 spiro atoms. The van der Waals surface area contributed by atoms with Crippen LogP contribution in [-0.4, -0.2) is 60.4 Å². The van der Waals surface area contributed by atoms with Crippen molar-refractivity contribution in [1.82, 2.24) is 10.2 Å². The van der Waals surface area contributed by atoms with Crippen molar-refractivity contribution in [2.75, 3.05) is 26.7 Å². The smallest absolute Gasteiger partial charge is 0.234 e. The van der Waals surface area contributed by atoms with Gasteiger partial charge in [0, 0.05) is 12.1 Å². The Kier molecular flexibility index (Phi) is 7.43. The van der Waals surface area contributed by atoms with Crippen LogP contribution in [0.4, 0.5) is 0 Å². The highest BCUT2D eigenvalue weighted by Gasteiger charge is 2.16. The minimum absolute atomic E-state index is 0.0398. The Balaban J connectivity index is 3.89. The molecule has 5 nitrogen and oxygen atoms in total. The molecular weight excluding hydrogens is 232 g/mol. The van der Waals surface area contributed by atoms with E-state index in [1.54, 1.807) is 11.9 Å². The molecule has 1 unspecified atom stereocenters. The normalized spacial score (nSPS) is 14.1. The second kappa shape index (κ2) is 7.71. The first-order valence-corrected chi connectivity index (χ1v) is 6.39. The van der Waals surface area contributed by atoms with Gasteiger partial charge in [0.2, 0.25) is 5.91 Å². The molecule has 0 aliphatic heterocycles. The maximum absolute atomic E-state index is 11.7. The first-order chi connectivity index (χ1) is 8.10. The van der Waals surface area contributed by atoms with Crippen LogP contribution in [0.2, 0.25) is 0 Å². The topological polar surface area (TPSA) is 61.8 Å². The number of hydrogen-bond donors (Lipinski definition) is 2. The standard InChI is InChI=1S/C13H28N2O3/c1-10(2)18-9-11(16)7-15(6)8-12(17)14-13(3,4)5/h10-11,16H,7-9H2,1-6H3,(H,14,17). The van der Waals surface area contributed by atoms with Crippen LogP contribution >= 0.6 is 0 Å². The summed E-state index contributed by atoms with van der Waals surface area (Å²) in [5.74, 6) is -0.0398. The van der Waals surface area contributed by atoms with Gasteiger partial charge in [0.1, 0.15) is 0 Å². The molecule has 0 aromatic heterocycles. The van der Waals surface area contributed by atoms with Gasteiger partial charge in [-0.1, -0.05) is 0 Å². The molecule has 0 saturated heterocycles. The molecule has 0 aromatic rings. The van der Waals surface area contributed by atoms with Gasteiger partial charge >= 0.3 is 0 Å². The van der Waals surface area contributed by atoms with Crippen LogP contribution in [0, 0.1) is 0 Å². The molecule has 0 fully saturated rings. The third kappa shape index (κ3) is 10.5. The highest BCUT2D eigenvalue weighted by molar-refractivity contribution is 5.78. The SMILES string of the molecule is CC(C)OCC(O)CN(C)CC(=O)NC(C)(C)C. The van der Waals surface area contributed by atoms with E-state index < -0.39 is 6.10 Å². The average molecular weight is 260 g/mol. The molecule has 108 valence electrons. The van der Waals surface area contributed by atoms with Crippen molar-refractivity contribution in [3.8, 4) is 0 Å². The summed E-state index contributed by atoms with van der Waals surface area (Å²) in [6.45, 7) is 10.7. The minimum Gasteiger partial charge on any atom is -0.389 e. The molecule has 0 heterocycles. The van der Waals surface area contributed by atoms with Crippen molar-refractivity contribution in [2.24, 2.45) is 0 Å². The van der Waals surface area contributed by atoms with E-state index in [-0.39, 0.29) is 24.1 Å². The number of hydrogen-bond acceptors (Lipinski definition) is 4. The Bertz CT molecular complexity index is 249. The first kappa shape index (κ1) is 17.4. The number of nitrogens with zero attached hydrogens (tertiary/aromatic N) is 1. The largest absolute Gasteiger partial charge is 0.389 e. The predicted molar refractivity (Wildman–Crippen MR) is 72.5 cm³/mol. The van der Waals surface area contributed by atoms with Gasteiger partial charge in [0.05, 0.1) is 25.4 Å². The van der Waals surface area contributed by atoms with Crippen molar-refractivity contribution in [1.29, 1.82) is 0 Å². The van der Waals surface area contributed by atoms with Crippen LogP contribution in [0.25, 0.3) is 0 Å². The summed E-state index contributed by atoms with van der Waals surface area (Å²) in [6, 6.07) is 0. The number of amides is 1. The van der Waals surface area contributed by atoms with Crippen LogP contribution in [0.3, 0.4) is 0 Å². The summed E-state index contributed by atoms with van der Waals surface area (Å²) in [5.41, 5.74) is -0.225. The molecule has 1 amide bonds. The highest BCUT2D eigenvalue weighted by Crippen LogP contribution is 1.99. The van der Waals surface area contributed by atoms with Gasteiger partial charge in [0.25, 0.3) is 0 Å². The Hall–Kier alpha value is -0.650. The lowest BCUT2D eigenvalue weighted by Crippen LogP contribution is -2.46. The molecule has 0 saturated carbocycles. The molecule has 0 radical (unpaired) electrons. The molecule has 0 aliphatic carbocycles. The quantitative estimate of drug-likeness (QED) is 0.704. The van der Waals surface area contributed by atoms with Gasteiger partial charge in [-0.3, -0.25) is 9.69 Å². The monoisotopic (exact) mass is 260 g/mol. The Morgan fingerprint density at radius 3 is 2.39 bits per heavy atom. The molecule has 0 aliphatic rings. The van der Waals surface area contributed by atoms with E-state index >= 15 is 0 Å². The number of likely N-dealkylation sites (N-methyl/N-ethyl adjacent to an activating group) is 1. The van der Waals surface area contributed by atoms with Crippen molar-refractivity contribution >= 4 is 5.91 Å². The summed E-state index contributed by atoms with van der Waals surface area (Å²) in [6.07, 6.45) is -0.464. The van der Waals surface area contributed by atoms with E-state index in [0.717, 1.165) is 0 Å². The summed E-state index contributed by atoms with van der Waals surface area (Å²) in [7, 11) is 1.81. The van der Waals surface area contributed by atoms with Gasteiger partial charge in [-0.05, 0) is 41.7 Å². The summed E-state index contributed by atoms with van der Waals surface area (Å²) >= 11 is 0. The molecular formula is C13H28N2O3. The lowest BCUT2D eigenvalue weighted by molar-refractivity contribution is -0.123. The van der Waals surface area contributed by atoms with E-state index in [9.17, 15) is 9.90 Å². The highest BCUT2D eigenvalue weighted by atomic mass is 16.5. The fraction of sp³-hybridized carbons (Fsp3) is 0.923. The maximum Gasteiger partial charge on any atom is 0.234 e. The summed E-state index contributed by atoms with van der Waals surface area (Å²) in [4.78, 5) is 13.4. The summed E-state index contributed by atoms with van der Waals surface area (Å²) < 4.78 is 5.31. The van der Waals surface area contributed by atoms with E-state index in [4.69, 9.17) is 4.74 Å². The predicted octanol–water partition coefficient (Wildman–Crippen LogP) is 0.619. The van der Waals surface area contributed by atoms with Crippen molar-refractivity contribution in [3.05, 3.63) is 0 Å². The van der Waals surface area contributed by atoms with Gasteiger partial charge in [-0.25, -0.2) is 0 Å². The number of aliphatic hydroxyl groups excluding tert-OH is 1. The van der Waals surface area contributed by atoms with Crippen molar-refractivity contribution in [3.63, 3.8) is 0 Å². The van der Waals surface area contributed by atoms with Gasteiger partial charge < -0.3 is 15.2 Å². The minimum atomic E-state index is -0.570. The zero-order valence-corrected chi connectivity index (χ0v) is 12.5. The average Bonchev–Trinajstić information content (AvgIpc) is 2.10. The van der Waals surface area contributed by atoms with Crippen LogP contribution in [0.15, 0.2) is 0 Å². The zero-order valence-electron chi connectivity index (χ0n) is 12.5. The molecule has 0 bridgehead atoms. The fourth-order valence-electron chi connectivity index (χ4n) is 1.48. The number of ether oxygens (including phenoxy) is 1. The van der Waals surface area contributed by atoms with Crippen molar-refractivity contribution in [2.45, 2.75) is 52.4 Å². The number of nitrogens with one attached hydrogen (secondary N) is 1. The number of rotatable bonds is 7. The third-order valence-corrected chi connectivity index (χ3v) is 2.07. The number of aliphatic hydroxyl groups is 1. The Labute approximate surface area is 110 Å².